The Morgan fingerprint density at radius 3 is 1.34 bits per heavy atom. The molecule has 0 fully saturated rings. The molecule has 0 spiro atoms. The first-order chi connectivity index (χ1) is 14.1. The van der Waals surface area contributed by atoms with E-state index in [9.17, 15) is 4.79 Å². The lowest BCUT2D eigenvalue weighted by Gasteiger charge is -2.08. The van der Waals surface area contributed by atoms with Gasteiger partial charge in [0, 0.05) is 11.1 Å². The topological polar surface area (TPSA) is 26.3 Å². The number of carbonyl (C=O) groups excluding carboxylic acids is 1. The van der Waals surface area contributed by atoms with Gasteiger partial charge in [0.15, 0.2) is 5.78 Å². The fourth-order valence-electron chi connectivity index (χ4n) is 3.14. The van der Waals surface area contributed by atoms with Crippen molar-refractivity contribution in [3.63, 3.8) is 0 Å². The normalized spacial score (nSPS) is 10.6. The first-order valence-electron chi connectivity index (χ1n) is 9.65. The Hall–Kier alpha value is -3.65. The molecule has 0 bridgehead atoms. The van der Waals surface area contributed by atoms with Crippen LogP contribution in [-0.4, -0.2) is 5.78 Å². The molecule has 0 radical (unpaired) electrons. The predicted molar refractivity (Wildman–Crippen MR) is 118 cm³/mol. The van der Waals surface area contributed by atoms with Crippen molar-refractivity contribution < 1.29 is 9.53 Å². The van der Waals surface area contributed by atoms with Crippen LogP contribution >= 0.6 is 0 Å². The van der Waals surface area contributed by atoms with Gasteiger partial charge in [0.25, 0.3) is 0 Å². The van der Waals surface area contributed by atoms with Gasteiger partial charge in [0.1, 0.15) is 11.5 Å². The molecule has 4 rings (SSSR count). The number of carbonyl (C=O) groups is 1. The second-order valence-corrected chi connectivity index (χ2v) is 7.21. The lowest BCUT2D eigenvalue weighted by Crippen LogP contribution is -2.00. The minimum atomic E-state index is 0.0130. The Labute approximate surface area is 171 Å². The van der Waals surface area contributed by atoms with E-state index in [1.165, 1.54) is 11.1 Å². The maximum atomic E-state index is 12.6. The molecular weight excluding hydrogens is 356 g/mol. The van der Waals surface area contributed by atoms with Crippen molar-refractivity contribution in [2.24, 2.45) is 0 Å². The van der Waals surface area contributed by atoms with E-state index in [4.69, 9.17) is 4.74 Å². The third-order valence-corrected chi connectivity index (χ3v) is 4.91. The first kappa shape index (κ1) is 18.7. The highest BCUT2D eigenvalue weighted by molar-refractivity contribution is 6.09. The second-order valence-electron chi connectivity index (χ2n) is 7.21. The van der Waals surface area contributed by atoms with Crippen LogP contribution in [0.5, 0.6) is 11.5 Å². The Morgan fingerprint density at radius 2 is 0.862 bits per heavy atom. The van der Waals surface area contributed by atoms with Crippen LogP contribution in [0.2, 0.25) is 0 Å². The molecule has 29 heavy (non-hydrogen) atoms. The summed E-state index contributed by atoms with van der Waals surface area (Å²) < 4.78 is 5.93. The largest absolute Gasteiger partial charge is 0.457 e. The lowest BCUT2D eigenvalue weighted by molar-refractivity contribution is 0.103. The smallest absolute Gasteiger partial charge is 0.193 e. The summed E-state index contributed by atoms with van der Waals surface area (Å²) in [6.07, 6.45) is 0. The van der Waals surface area contributed by atoms with Gasteiger partial charge < -0.3 is 4.74 Å². The molecule has 4 aromatic rings. The van der Waals surface area contributed by atoms with Gasteiger partial charge in [-0.05, 0) is 61.4 Å². The quantitative estimate of drug-likeness (QED) is 0.350. The van der Waals surface area contributed by atoms with Crippen LogP contribution in [0.25, 0.3) is 11.1 Å². The maximum Gasteiger partial charge on any atom is 0.193 e. The van der Waals surface area contributed by atoms with E-state index < -0.39 is 0 Å². The predicted octanol–water partition coefficient (Wildman–Crippen LogP) is 6.99. The van der Waals surface area contributed by atoms with Crippen molar-refractivity contribution in [3.8, 4) is 22.6 Å². The summed E-state index contributed by atoms with van der Waals surface area (Å²) >= 11 is 0. The third kappa shape index (κ3) is 4.44. The Bertz CT molecular complexity index is 1110. The van der Waals surface area contributed by atoms with Crippen LogP contribution < -0.4 is 4.74 Å². The van der Waals surface area contributed by atoms with E-state index in [2.05, 4.69) is 43.3 Å². The van der Waals surface area contributed by atoms with Gasteiger partial charge in [-0.3, -0.25) is 4.79 Å². The molecule has 0 unspecified atom stereocenters. The van der Waals surface area contributed by atoms with E-state index in [0.717, 1.165) is 16.9 Å². The van der Waals surface area contributed by atoms with Crippen molar-refractivity contribution >= 4 is 5.78 Å². The van der Waals surface area contributed by atoms with Crippen molar-refractivity contribution in [1.82, 2.24) is 0 Å². The van der Waals surface area contributed by atoms with Gasteiger partial charge in [0.2, 0.25) is 0 Å². The lowest BCUT2D eigenvalue weighted by atomic mass is 10.0. The van der Waals surface area contributed by atoms with E-state index in [1.54, 1.807) is 12.1 Å². The van der Waals surface area contributed by atoms with Crippen LogP contribution in [0.3, 0.4) is 0 Å². The zero-order chi connectivity index (χ0) is 20.2. The molecule has 0 atom stereocenters. The molecule has 4 aromatic carbocycles. The molecule has 0 saturated heterocycles. The molecule has 0 aliphatic carbocycles. The standard InChI is InChI=1S/C27H22O2/c1-19-3-7-21(8-4-19)22-11-15-25(16-12-22)29-26-17-13-24(14-18-26)27(28)23-9-5-20(2)6-10-23/h3-18H,1-2H3. The summed E-state index contributed by atoms with van der Waals surface area (Å²) in [6.45, 7) is 4.09. The zero-order valence-electron chi connectivity index (χ0n) is 16.6. The summed E-state index contributed by atoms with van der Waals surface area (Å²) in [4.78, 5) is 12.6. The number of hydrogen-bond acceptors (Lipinski definition) is 2. The SMILES string of the molecule is Cc1ccc(C(=O)c2ccc(Oc3ccc(-c4ccc(C)cc4)cc3)cc2)cc1. The molecule has 0 heterocycles. The molecule has 0 aliphatic rings. The fraction of sp³-hybridized carbons (Fsp3) is 0.0741. The molecule has 0 saturated carbocycles. The zero-order valence-corrected chi connectivity index (χ0v) is 16.6. The van der Waals surface area contributed by atoms with E-state index in [1.807, 2.05) is 55.5 Å². The number of hydrogen-bond donors (Lipinski definition) is 0. The molecule has 0 amide bonds. The van der Waals surface area contributed by atoms with Gasteiger partial charge in [-0.2, -0.15) is 0 Å². The van der Waals surface area contributed by atoms with Gasteiger partial charge in [-0.15, -0.1) is 0 Å². The molecule has 2 nitrogen and oxygen atoms in total. The molecule has 2 heteroatoms. The van der Waals surface area contributed by atoms with Crippen molar-refractivity contribution in [3.05, 3.63) is 119 Å². The average Bonchev–Trinajstić information content (AvgIpc) is 2.76. The highest BCUT2D eigenvalue weighted by Gasteiger charge is 2.09. The molecule has 142 valence electrons. The Morgan fingerprint density at radius 1 is 0.517 bits per heavy atom. The highest BCUT2D eigenvalue weighted by atomic mass is 16.5. The summed E-state index contributed by atoms with van der Waals surface area (Å²) in [5, 5.41) is 0. The van der Waals surface area contributed by atoms with E-state index in [0.29, 0.717) is 16.9 Å². The first-order valence-corrected chi connectivity index (χ1v) is 9.65. The van der Waals surface area contributed by atoms with Crippen LogP contribution in [0, 0.1) is 13.8 Å². The summed E-state index contributed by atoms with van der Waals surface area (Å²) in [5.41, 5.74) is 6.06. The van der Waals surface area contributed by atoms with Crippen LogP contribution in [0.15, 0.2) is 97.1 Å². The third-order valence-electron chi connectivity index (χ3n) is 4.91. The van der Waals surface area contributed by atoms with E-state index in [-0.39, 0.29) is 5.78 Å². The van der Waals surface area contributed by atoms with Crippen LogP contribution in [-0.2, 0) is 0 Å². The Balaban J connectivity index is 1.45. The number of rotatable bonds is 5. The monoisotopic (exact) mass is 378 g/mol. The van der Waals surface area contributed by atoms with Crippen molar-refractivity contribution in [2.45, 2.75) is 13.8 Å². The second kappa shape index (κ2) is 8.15. The number of aryl methyl sites for hydroxylation is 2. The summed E-state index contributed by atoms with van der Waals surface area (Å²) in [6, 6.07) is 31.4. The van der Waals surface area contributed by atoms with E-state index >= 15 is 0 Å². The maximum absolute atomic E-state index is 12.6. The van der Waals surface area contributed by atoms with Gasteiger partial charge in [-0.1, -0.05) is 71.8 Å². The number of benzene rings is 4. The molecule has 0 N–H and O–H groups in total. The van der Waals surface area contributed by atoms with Gasteiger partial charge >= 0.3 is 0 Å². The molecule has 0 aliphatic heterocycles. The minimum Gasteiger partial charge on any atom is -0.457 e. The highest BCUT2D eigenvalue weighted by Crippen LogP contribution is 2.26. The van der Waals surface area contributed by atoms with Crippen LogP contribution in [0.1, 0.15) is 27.0 Å². The number of ketones is 1. The van der Waals surface area contributed by atoms with Crippen molar-refractivity contribution in [2.75, 3.05) is 0 Å². The summed E-state index contributed by atoms with van der Waals surface area (Å²) in [7, 11) is 0. The average molecular weight is 378 g/mol. The number of ether oxygens (including phenoxy) is 1. The Kier molecular flexibility index (Phi) is 5.26. The van der Waals surface area contributed by atoms with Gasteiger partial charge in [-0.25, -0.2) is 0 Å². The van der Waals surface area contributed by atoms with Gasteiger partial charge in [0.05, 0.1) is 0 Å². The summed E-state index contributed by atoms with van der Waals surface area (Å²) in [5.74, 6) is 1.48. The van der Waals surface area contributed by atoms with Crippen LogP contribution in [0.4, 0.5) is 0 Å². The van der Waals surface area contributed by atoms with Crippen molar-refractivity contribution in [1.29, 1.82) is 0 Å². The minimum absolute atomic E-state index is 0.0130. The fourth-order valence-corrected chi connectivity index (χ4v) is 3.14. The molecule has 0 aromatic heterocycles. The molecular formula is C27H22O2.